The second-order valence-electron chi connectivity index (χ2n) is 8.72. The number of nitrogens with one attached hydrogen (secondary N) is 1. The van der Waals surface area contributed by atoms with E-state index in [4.69, 9.17) is 5.11 Å². The molecule has 0 radical (unpaired) electrons. The van der Waals surface area contributed by atoms with Crippen LogP contribution in [0.1, 0.15) is 40.5 Å². The first-order chi connectivity index (χ1) is 15.7. The first-order valence-electron chi connectivity index (χ1n) is 11.3. The maximum Gasteiger partial charge on any atom is 0.262 e. The molecule has 0 spiro atoms. The van der Waals surface area contributed by atoms with Gasteiger partial charge in [0.25, 0.3) is 5.56 Å². The van der Waals surface area contributed by atoms with Gasteiger partial charge in [0.15, 0.2) is 0 Å². The van der Waals surface area contributed by atoms with Gasteiger partial charge in [-0.15, -0.1) is 11.3 Å². The summed E-state index contributed by atoms with van der Waals surface area (Å²) in [6.07, 6.45) is 5.02. The van der Waals surface area contributed by atoms with E-state index in [1.165, 1.54) is 32.7 Å². The van der Waals surface area contributed by atoms with Crippen LogP contribution in [0.5, 0.6) is 0 Å². The highest BCUT2D eigenvalue weighted by atomic mass is 32.1. The molecule has 0 bridgehead atoms. The maximum atomic E-state index is 13.0. The summed E-state index contributed by atoms with van der Waals surface area (Å²) >= 11 is 1.67. The number of aliphatic hydroxyl groups is 1. The van der Waals surface area contributed by atoms with E-state index < -0.39 is 0 Å². The van der Waals surface area contributed by atoms with Crippen LogP contribution in [-0.4, -0.2) is 27.3 Å². The minimum atomic E-state index is 0.0333. The lowest BCUT2D eigenvalue weighted by Gasteiger charge is -2.28. The normalized spacial score (nSPS) is 17.3. The molecule has 1 atom stereocenters. The molecule has 0 amide bonds. The number of aryl methyl sites for hydroxylation is 2. The fourth-order valence-corrected chi connectivity index (χ4v) is 6.57. The lowest BCUT2D eigenvalue weighted by Crippen LogP contribution is -2.36. The molecule has 0 saturated heterocycles. The van der Waals surface area contributed by atoms with Gasteiger partial charge in [-0.1, -0.05) is 48.5 Å². The van der Waals surface area contributed by atoms with Crippen LogP contribution in [0.3, 0.4) is 0 Å². The number of aromatic nitrogens is 2. The van der Waals surface area contributed by atoms with Gasteiger partial charge in [0.05, 0.1) is 17.8 Å². The van der Waals surface area contributed by atoms with Crippen LogP contribution in [0.15, 0.2) is 59.7 Å². The zero-order valence-corrected chi connectivity index (χ0v) is 18.6. The number of thiophene rings is 1. The van der Waals surface area contributed by atoms with E-state index in [-0.39, 0.29) is 18.2 Å². The van der Waals surface area contributed by atoms with Crippen molar-refractivity contribution in [2.45, 2.75) is 44.3 Å². The smallest absolute Gasteiger partial charge is 0.262 e. The Morgan fingerprint density at radius 3 is 2.53 bits per heavy atom. The van der Waals surface area contributed by atoms with Gasteiger partial charge in [-0.05, 0) is 53.5 Å². The van der Waals surface area contributed by atoms with E-state index in [0.29, 0.717) is 19.0 Å². The summed E-state index contributed by atoms with van der Waals surface area (Å²) < 4.78 is 1.64. The van der Waals surface area contributed by atoms with E-state index in [0.717, 1.165) is 29.5 Å². The van der Waals surface area contributed by atoms with Gasteiger partial charge in [-0.25, -0.2) is 4.98 Å². The van der Waals surface area contributed by atoms with Gasteiger partial charge >= 0.3 is 0 Å². The maximum absolute atomic E-state index is 13.0. The lowest BCUT2D eigenvalue weighted by atomic mass is 9.91. The molecule has 1 unspecified atom stereocenters. The highest BCUT2D eigenvalue weighted by molar-refractivity contribution is 7.18. The van der Waals surface area contributed by atoms with Crippen LogP contribution in [0, 0.1) is 0 Å². The average Bonchev–Trinajstić information content (AvgIpc) is 3.35. The van der Waals surface area contributed by atoms with Crippen molar-refractivity contribution in [1.82, 2.24) is 14.9 Å². The molecule has 2 N–H and O–H groups in total. The van der Waals surface area contributed by atoms with Crippen molar-refractivity contribution in [3.8, 4) is 11.1 Å². The first-order valence-corrected chi connectivity index (χ1v) is 12.1. The van der Waals surface area contributed by atoms with Crippen molar-refractivity contribution >= 4 is 21.6 Å². The summed E-state index contributed by atoms with van der Waals surface area (Å²) in [6, 6.07) is 17.9. The highest BCUT2D eigenvalue weighted by Crippen LogP contribution is 2.44. The first kappa shape index (κ1) is 19.9. The van der Waals surface area contributed by atoms with E-state index in [9.17, 15) is 4.79 Å². The Morgan fingerprint density at radius 1 is 1.09 bits per heavy atom. The van der Waals surface area contributed by atoms with E-state index >= 15 is 0 Å². The van der Waals surface area contributed by atoms with Crippen LogP contribution >= 0.6 is 11.3 Å². The topological polar surface area (TPSA) is 67.2 Å². The predicted molar refractivity (Wildman–Crippen MR) is 128 cm³/mol. The third-order valence-corrected chi connectivity index (χ3v) is 7.99. The van der Waals surface area contributed by atoms with Gasteiger partial charge in [0.1, 0.15) is 4.83 Å². The molecule has 32 heavy (non-hydrogen) atoms. The Kier molecular flexibility index (Phi) is 4.94. The van der Waals surface area contributed by atoms with Gasteiger partial charge in [0.2, 0.25) is 0 Å². The molecule has 162 valence electrons. The molecule has 6 heteroatoms. The molecule has 2 aromatic carbocycles. The second-order valence-corrected chi connectivity index (χ2v) is 9.80. The summed E-state index contributed by atoms with van der Waals surface area (Å²) in [5.74, 6) is 0. The third-order valence-electron chi connectivity index (χ3n) is 6.83. The number of hydrogen-bond acceptors (Lipinski definition) is 5. The number of benzene rings is 2. The van der Waals surface area contributed by atoms with Crippen LogP contribution in [-0.2, 0) is 19.4 Å². The Labute approximate surface area is 190 Å². The third kappa shape index (κ3) is 3.13. The lowest BCUT2D eigenvalue weighted by molar-refractivity contribution is 0.279. The van der Waals surface area contributed by atoms with Crippen molar-refractivity contribution in [2.24, 2.45) is 0 Å². The fourth-order valence-electron chi connectivity index (χ4n) is 5.31. The van der Waals surface area contributed by atoms with Crippen LogP contribution in [0.25, 0.3) is 21.3 Å². The molecule has 0 saturated carbocycles. The number of rotatable bonds is 5. The summed E-state index contributed by atoms with van der Waals surface area (Å²) in [5.41, 5.74) is 6.57. The molecule has 2 aliphatic rings. The minimum absolute atomic E-state index is 0.0333. The second kappa shape index (κ2) is 7.96. The molecule has 2 aromatic heterocycles. The summed E-state index contributed by atoms with van der Waals surface area (Å²) in [6.45, 7) is 0.584. The molecular weight excluding hydrogens is 418 g/mol. The van der Waals surface area contributed by atoms with E-state index in [1.807, 2.05) is 0 Å². The van der Waals surface area contributed by atoms with Gasteiger partial charge in [-0.3, -0.25) is 9.36 Å². The summed E-state index contributed by atoms with van der Waals surface area (Å²) in [7, 11) is 0. The number of fused-ring (bicyclic) bond motifs is 6. The van der Waals surface area contributed by atoms with Crippen LogP contribution < -0.4 is 10.9 Å². The summed E-state index contributed by atoms with van der Waals surface area (Å²) in [5, 5.41) is 13.8. The Hall–Kier alpha value is -2.80. The largest absolute Gasteiger partial charge is 0.396 e. The number of nitrogens with zero attached hydrogens (tertiary/aromatic N) is 2. The van der Waals surface area contributed by atoms with Crippen LogP contribution in [0.2, 0.25) is 0 Å². The zero-order valence-electron chi connectivity index (χ0n) is 17.8. The van der Waals surface area contributed by atoms with Crippen molar-refractivity contribution in [3.63, 3.8) is 0 Å². The Balaban J connectivity index is 1.30. The minimum Gasteiger partial charge on any atom is -0.396 e. The van der Waals surface area contributed by atoms with Crippen LogP contribution in [0.4, 0.5) is 0 Å². The summed E-state index contributed by atoms with van der Waals surface area (Å²) in [4.78, 5) is 19.7. The van der Waals surface area contributed by atoms with Gasteiger partial charge in [-0.2, -0.15) is 0 Å². The number of aliphatic hydroxyl groups excluding tert-OH is 1. The SMILES string of the molecule is O=c1c2c3c(sc2ncn1CCCO)CC(NC1c2ccccc2-c2ccccc21)CC3. The predicted octanol–water partition coefficient (Wildman–Crippen LogP) is 4.06. The van der Waals surface area contributed by atoms with Crippen molar-refractivity contribution in [1.29, 1.82) is 0 Å². The standard InChI is InChI=1S/C26H25N3O2S/c30-13-5-12-29-15-27-25-23(26(29)31)21-11-10-16(14-22(21)32-25)28-24-19-8-3-1-6-17(19)18-7-2-4-9-20(18)24/h1-4,6-9,15-16,24,28,30H,5,10-14H2. The van der Waals surface area contributed by atoms with Gasteiger partial charge in [0, 0.05) is 24.1 Å². The van der Waals surface area contributed by atoms with Gasteiger partial charge < -0.3 is 10.4 Å². The molecular formula is C26H25N3O2S. The molecule has 4 aromatic rings. The quantitative estimate of drug-likeness (QED) is 0.488. The fraction of sp³-hybridized carbons (Fsp3) is 0.308. The molecule has 2 heterocycles. The van der Waals surface area contributed by atoms with Crippen molar-refractivity contribution < 1.29 is 5.11 Å². The molecule has 0 aliphatic heterocycles. The average molecular weight is 444 g/mol. The van der Waals surface area contributed by atoms with Crippen molar-refractivity contribution in [2.75, 3.05) is 6.61 Å². The molecule has 0 fully saturated rings. The Bertz CT molecular complexity index is 1330. The molecule has 6 rings (SSSR count). The van der Waals surface area contributed by atoms with E-state index in [1.54, 1.807) is 22.2 Å². The molecule has 2 aliphatic carbocycles. The Morgan fingerprint density at radius 2 is 1.81 bits per heavy atom. The molecule has 5 nitrogen and oxygen atoms in total. The number of hydrogen-bond donors (Lipinski definition) is 2. The van der Waals surface area contributed by atoms with Crippen molar-refractivity contribution in [3.05, 3.63) is 86.8 Å². The monoisotopic (exact) mass is 443 g/mol. The highest BCUT2D eigenvalue weighted by Gasteiger charge is 2.32. The zero-order chi connectivity index (χ0) is 21.7. The van der Waals surface area contributed by atoms with E-state index in [2.05, 4.69) is 58.8 Å².